The molecule has 0 fully saturated rings. The van der Waals surface area contributed by atoms with Crippen LogP contribution in [0, 0.1) is 0 Å². The van der Waals surface area contributed by atoms with Gasteiger partial charge in [-0.05, 0) is 43.6 Å². The summed E-state index contributed by atoms with van der Waals surface area (Å²) in [5.41, 5.74) is 0.771. The normalized spacial score (nSPS) is 10.2. The number of hydrogen-bond donors (Lipinski definition) is 1. The van der Waals surface area contributed by atoms with Gasteiger partial charge >= 0.3 is 0 Å². The van der Waals surface area contributed by atoms with Gasteiger partial charge in [0.15, 0.2) is 0 Å². The van der Waals surface area contributed by atoms with Crippen LogP contribution in [0.5, 0.6) is 11.5 Å². The Hall–Kier alpha value is -2.01. The Morgan fingerprint density at radius 2 is 1.95 bits per heavy atom. The Bertz CT molecular complexity index is 578. The van der Waals surface area contributed by atoms with Gasteiger partial charge < -0.3 is 14.8 Å². The Morgan fingerprint density at radius 3 is 2.65 bits per heavy atom. The van der Waals surface area contributed by atoms with E-state index in [0.717, 1.165) is 17.2 Å². The molecule has 2 rings (SSSR count). The summed E-state index contributed by atoms with van der Waals surface area (Å²) in [6.07, 6.45) is 1.59. The van der Waals surface area contributed by atoms with Gasteiger partial charge in [0, 0.05) is 12.3 Å². The second-order valence-corrected chi connectivity index (χ2v) is 4.20. The maximum atomic E-state index is 5.77. The number of hydrogen-bond acceptors (Lipinski definition) is 5. The number of nitrogens with one attached hydrogen (secondary N) is 1. The van der Waals surface area contributed by atoms with Crippen LogP contribution >= 0.6 is 11.6 Å². The van der Waals surface area contributed by atoms with E-state index in [-0.39, 0.29) is 5.28 Å². The summed E-state index contributed by atoms with van der Waals surface area (Å²) in [5.74, 6) is 2.09. The topological polar surface area (TPSA) is 56.3 Å². The Balaban J connectivity index is 2.29. The Morgan fingerprint density at radius 1 is 1.15 bits per heavy atom. The van der Waals surface area contributed by atoms with E-state index in [1.54, 1.807) is 12.3 Å². The molecule has 0 aliphatic rings. The fourth-order valence-corrected chi connectivity index (χ4v) is 1.83. The molecule has 0 aliphatic carbocycles. The quantitative estimate of drug-likeness (QED) is 0.824. The largest absolute Gasteiger partial charge is 0.494 e. The summed E-state index contributed by atoms with van der Waals surface area (Å²) in [4.78, 5) is 7.94. The molecule has 1 heterocycles. The number of anilines is 2. The molecule has 0 spiro atoms. The molecule has 0 bridgehead atoms. The number of benzene rings is 1. The monoisotopic (exact) mass is 293 g/mol. The lowest BCUT2D eigenvalue weighted by atomic mass is 10.2. The molecular weight excluding hydrogens is 278 g/mol. The minimum Gasteiger partial charge on any atom is -0.494 e. The molecule has 20 heavy (non-hydrogen) atoms. The number of rotatable bonds is 6. The van der Waals surface area contributed by atoms with Crippen molar-refractivity contribution in [2.75, 3.05) is 18.5 Å². The second-order valence-electron chi connectivity index (χ2n) is 3.86. The van der Waals surface area contributed by atoms with Gasteiger partial charge in [0.25, 0.3) is 0 Å². The zero-order valence-corrected chi connectivity index (χ0v) is 12.1. The van der Waals surface area contributed by atoms with Crippen molar-refractivity contribution < 1.29 is 9.47 Å². The average Bonchev–Trinajstić information content (AvgIpc) is 2.42. The van der Waals surface area contributed by atoms with Crippen LogP contribution in [-0.4, -0.2) is 23.2 Å². The molecule has 0 atom stereocenters. The fourth-order valence-electron chi connectivity index (χ4n) is 1.69. The third-order valence-corrected chi connectivity index (χ3v) is 2.63. The summed E-state index contributed by atoms with van der Waals surface area (Å²) in [7, 11) is 0. The Labute approximate surface area is 122 Å². The van der Waals surface area contributed by atoms with Gasteiger partial charge in [-0.1, -0.05) is 0 Å². The second kappa shape index (κ2) is 6.96. The smallest absolute Gasteiger partial charge is 0.224 e. The summed E-state index contributed by atoms with van der Waals surface area (Å²) in [6.45, 7) is 5.05. The van der Waals surface area contributed by atoms with E-state index in [2.05, 4.69) is 15.3 Å². The zero-order chi connectivity index (χ0) is 14.4. The lowest BCUT2D eigenvalue weighted by Gasteiger charge is -2.13. The van der Waals surface area contributed by atoms with Crippen molar-refractivity contribution >= 4 is 23.1 Å². The molecule has 0 amide bonds. The molecule has 5 nitrogen and oxygen atoms in total. The van der Waals surface area contributed by atoms with Crippen LogP contribution in [0.2, 0.25) is 5.28 Å². The number of halogens is 1. The van der Waals surface area contributed by atoms with Crippen LogP contribution in [0.4, 0.5) is 11.5 Å². The number of nitrogens with zero attached hydrogens (tertiary/aromatic N) is 2. The van der Waals surface area contributed by atoms with Crippen molar-refractivity contribution in [1.29, 1.82) is 0 Å². The highest BCUT2D eigenvalue weighted by molar-refractivity contribution is 6.28. The van der Waals surface area contributed by atoms with E-state index in [1.807, 2.05) is 32.0 Å². The number of ether oxygens (including phenoxy) is 2. The van der Waals surface area contributed by atoms with Crippen molar-refractivity contribution in [1.82, 2.24) is 9.97 Å². The molecule has 1 N–H and O–H groups in total. The predicted molar refractivity (Wildman–Crippen MR) is 79.1 cm³/mol. The molecule has 0 saturated heterocycles. The van der Waals surface area contributed by atoms with E-state index >= 15 is 0 Å². The first-order chi connectivity index (χ1) is 9.72. The van der Waals surface area contributed by atoms with Crippen molar-refractivity contribution in [2.24, 2.45) is 0 Å². The van der Waals surface area contributed by atoms with E-state index in [1.165, 1.54) is 0 Å². The van der Waals surface area contributed by atoms with Gasteiger partial charge in [0.05, 0.1) is 18.9 Å². The van der Waals surface area contributed by atoms with Crippen LogP contribution in [0.25, 0.3) is 0 Å². The van der Waals surface area contributed by atoms with Crippen LogP contribution in [0.1, 0.15) is 13.8 Å². The van der Waals surface area contributed by atoms with Crippen LogP contribution in [0.15, 0.2) is 30.5 Å². The highest BCUT2D eigenvalue weighted by Gasteiger charge is 2.07. The molecular formula is C14H16ClN3O2. The summed E-state index contributed by atoms with van der Waals surface area (Å²) in [6, 6.07) is 7.33. The van der Waals surface area contributed by atoms with Gasteiger partial charge in [-0.15, -0.1) is 0 Å². The van der Waals surface area contributed by atoms with E-state index in [0.29, 0.717) is 19.0 Å². The lowest BCUT2D eigenvalue weighted by molar-refractivity contribution is 0.332. The van der Waals surface area contributed by atoms with E-state index in [9.17, 15) is 0 Å². The van der Waals surface area contributed by atoms with E-state index in [4.69, 9.17) is 21.1 Å². The van der Waals surface area contributed by atoms with Crippen LogP contribution in [-0.2, 0) is 0 Å². The summed E-state index contributed by atoms with van der Waals surface area (Å²) in [5, 5.41) is 3.35. The third kappa shape index (κ3) is 3.74. The van der Waals surface area contributed by atoms with Gasteiger partial charge in [-0.25, -0.2) is 9.97 Å². The molecule has 106 valence electrons. The average molecular weight is 294 g/mol. The highest BCUT2D eigenvalue weighted by atomic mass is 35.5. The number of aromatic nitrogens is 2. The van der Waals surface area contributed by atoms with Crippen molar-refractivity contribution in [3.05, 3.63) is 35.7 Å². The van der Waals surface area contributed by atoms with Crippen LogP contribution in [0.3, 0.4) is 0 Å². The van der Waals surface area contributed by atoms with Gasteiger partial charge in [0.2, 0.25) is 5.28 Å². The fraction of sp³-hybridized carbons (Fsp3) is 0.286. The minimum atomic E-state index is 0.189. The first kappa shape index (κ1) is 14.4. The summed E-state index contributed by atoms with van der Waals surface area (Å²) >= 11 is 5.77. The van der Waals surface area contributed by atoms with Gasteiger partial charge in [-0.3, -0.25) is 0 Å². The summed E-state index contributed by atoms with van der Waals surface area (Å²) < 4.78 is 11.1. The van der Waals surface area contributed by atoms with Crippen molar-refractivity contribution in [3.63, 3.8) is 0 Å². The third-order valence-electron chi connectivity index (χ3n) is 2.45. The molecule has 1 aromatic heterocycles. The molecule has 0 aliphatic heterocycles. The molecule has 0 radical (unpaired) electrons. The van der Waals surface area contributed by atoms with Crippen molar-refractivity contribution in [2.45, 2.75) is 13.8 Å². The van der Waals surface area contributed by atoms with E-state index < -0.39 is 0 Å². The molecule has 1 aromatic carbocycles. The standard InChI is InChI=1S/C14H16ClN3O2/c1-3-19-10-5-6-12(20-4-2)11(9-10)17-13-7-8-16-14(15)18-13/h5-9H,3-4H2,1-2H3,(H,16,17,18). The zero-order valence-electron chi connectivity index (χ0n) is 11.4. The molecule has 0 saturated carbocycles. The van der Waals surface area contributed by atoms with Gasteiger partial charge in [0.1, 0.15) is 17.3 Å². The van der Waals surface area contributed by atoms with Crippen LogP contribution < -0.4 is 14.8 Å². The Kier molecular flexibility index (Phi) is 5.01. The maximum Gasteiger partial charge on any atom is 0.224 e. The molecule has 0 unspecified atom stereocenters. The first-order valence-electron chi connectivity index (χ1n) is 6.38. The molecule has 2 aromatic rings. The maximum absolute atomic E-state index is 5.77. The minimum absolute atomic E-state index is 0.189. The predicted octanol–water partition coefficient (Wildman–Crippen LogP) is 3.67. The lowest BCUT2D eigenvalue weighted by Crippen LogP contribution is -2.01. The van der Waals surface area contributed by atoms with Crippen molar-refractivity contribution in [3.8, 4) is 11.5 Å². The SMILES string of the molecule is CCOc1ccc(OCC)c(Nc2ccnc(Cl)n2)c1. The molecule has 6 heteroatoms. The first-order valence-corrected chi connectivity index (χ1v) is 6.76. The van der Waals surface area contributed by atoms with Gasteiger partial charge in [-0.2, -0.15) is 0 Å². The highest BCUT2D eigenvalue weighted by Crippen LogP contribution is 2.31.